The molecule has 0 bridgehead atoms. The van der Waals surface area contributed by atoms with E-state index in [2.05, 4.69) is 10.2 Å². The molecular weight excluding hydrogens is 218 g/mol. The Kier molecular flexibility index (Phi) is 4.15. The lowest BCUT2D eigenvalue weighted by Gasteiger charge is -2.18. The van der Waals surface area contributed by atoms with Crippen molar-refractivity contribution >= 4 is 28.2 Å². The number of nitrogens with zero attached hydrogens (tertiary/aromatic N) is 2. The van der Waals surface area contributed by atoms with Gasteiger partial charge in [-0.3, -0.25) is 0 Å². The summed E-state index contributed by atoms with van der Waals surface area (Å²) in [7, 11) is 0. The number of hydrogen-bond acceptors (Lipinski definition) is 6. The number of rotatable bonds is 4. The van der Waals surface area contributed by atoms with Gasteiger partial charge in [0, 0.05) is 5.75 Å². The largest absolute Gasteiger partial charge is 0.375 e. The fourth-order valence-corrected chi connectivity index (χ4v) is 2.28. The highest BCUT2D eigenvalue weighted by Gasteiger charge is 2.09. The molecular formula is C8H15N3OS2. The summed E-state index contributed by atoms with van der Waals surface area (Å²) >= 11 is 3.03. The van der Waals surface area contributed by atoms with Crippen molar-refractivity contribution in [1.82, 2.24) is 10.2 Å². The first kappa shape index (κ1) is 11.7. The standard InChI is InChI=1S/C8H15N3OS2/c1-8(2,3)12-4-5-13-7-11-10-6(9)14-7/h4-5H2,1-3H3,(H2,9,10). The molecule has 4 nitrogen and oxygen atoms in total. The molecule has 0 spiro atoms. The van der Waals surface area contributed by atoms with Gasteiger partial charge in [-0.25, -0.2) is 0 Å². The predicted molar refractivity (Wildman–Crippen MR) is 60.8 cm³/mol. The van der Waals surface area contributed by atoms with E-state index >= 15 is 0 Å². The number of nitrogen functional groups attached to an aromatic ring is 1. The van der Waals surface area contributed by atoms with E-state index < -0.39 is 0 Å². The van der Waals surface area contributed by atoms with Crippen LogP contribution in [0, 0.1) is 0 Å². The lowest BCUT2D eigenvalue weighted by molar-refractivity contribution is 0.00695. The van der Waals surface area contributed by atoms with E-state index in [0.717, 1.165) is 10.1 Å². The van der Waals surface area contributed by atoms with E-state index in [1.165, 1.54) is 11.3 Å². The Hall–Kier alpha value is -0.330. The van der Waals surface area contributed by atoms with Crippen molar-refractivity contribution in [2.24, 2.45) is 0 Å². The first-order valence-electron chi connectivity index (χ1n) is 4.33. The molecule has 0 aliphatic carbocycles. The maximum absolute atomic E-state index is 5.56. The molecule has 0 saturated heterocycles. The van der Waals surface area contributed by atoms with Crippen LogP contribution in [0.25, 0.3) is 0 Å². The molecule has 0 amide bonds. The maximum Gasteiger partial charge on any atom is 0.203 e. The summed E-state index contributed by atoms with van der Waals surface area (Å²) in [6.07, 6.45) is 0. The third-order valence-electron chi connectivity index (χ3n) is 1.27. The third kappa shape index (κ3) is 4.78. The smallest absolute Gasteiger partial charge is 0.203 e. The summed E-state index contributed by atoms with van der Waals surface area (Å²) in [6, 6.07) is 0. The van der Waals surface area contributed by atoms with E-state index in [1.54, 1.807) is 11.8 Å². The van der Waals surface area contributed by atoms with Crippen LogP contribution in [0.2, 0.25) is 0 Å². The minimum absolute atomic E-state index is 0.0687. The van der Waals surface area contributed by atoms with Gasteiger partial charge in [0.25, 0.3) is 0 Å². The van der Waals surface area contributed by atoms with E-state index in [4.69, 9.17) is 10.5 Å². The van der Waals surface area contributed by atoms with Gasteiger partial charge in [0.05, 0.1) is 12.2 Å². The van der Waals surface area contributed by atoms with Crippen LogP contribution in [-0.4, -0.2) is 28.2 Å². The van der Waals surface area contributed by atoms with Gasteiger partial charge in [-0.05, 0) is 20.8 Å². The second-order valence-electron chi connectivity index (χ2n) is 3.72. The molecule has 80 valence electrons. The fourth-order valence-electron chi connectivity index (χ4n) is 0.756. The van der Waals surface area contributed by atoms with Crippen molar-refractivity contribution in [2.45, 2.75) is 30.7 Å². The van der Waals surface area contributed by atoms with E-state index in [-0.39, 0.29) is 5.60 Å². The van der Waals surface area contributed by atoms with Gasteiger partial charge in [-0.15, -0.1) is 10.2 Å². The summed E-state index contributed by atoms with van der Waals surface area (Å²) in [6.45, 7) is 6.84. The summed E-state index contributed by atoms with van der Waals surface area (Å²) in [5.41, 5.74) is 5.38. The second-order valence-corrected chi connectivity index (χ2v) is 6.07. The van der Waals surface area contributed by atoms with Crippen molar-refractivity contribution in [3.8, 4) is 0 Å². The van der Waals surface area contributed by atoms with Gasteiger partial charge >= 0.3 is 0 Å². The van der Waals surface area contributed by atoms with Gasteiger partial charge in [0.2, 0.25) is 5.13 Å². The van der Waals surface area contributed by atoms with Crippen LogP contribution in [0.15, 0.2) is 4.34 Å². The quantitative estimate of drug-likeness (QED) is 0.637. The Labute approximate surface area is 92.2 Å². The number of thioether (sulfide) groups is 1. The van der Waals surface area contributed by atoms with Gasteiger partial charge < -0.3 is 10.5 Å². The van der Waals surface area contributed by atoms with Crippen molar-refractivity contribution < 1.29 is 4.74 Å². The van der Waals surface area contributed by atoms with E-state index in [1.807, 2.05) is 20.8 Å². The SMILES string of the molecule is CC(C)(C)OCCSc1nnc(N)s1. The Balaban J connectivity index is 2.16. The molecule has 0 saturated carbocycles. The van der Waals surface area contributed by atoms with Crippen LogP contribution >= 0.6 is 23.1 Å². The molecule has 0 unspecified atom stereocenters. The average molecular weight is 233 g/mol. The number of hydrogen-bond donors (Lipinski definition) is 1. The van der Waals surface area contributed by atoms with Crippen LogP contribution in [0.1, 0.15) is 20.8 Å². The van der Waals surface area contributed by atoms with Crippen molar-refractivity contribution in [1.29, 1.82) is 0 Å². The van der Waals surface area contributed by atoms with Crippen LogP contribution in [-0.2, 0) is 4.74 Å². The Morgan fingerprint density at radius 3 is 2.64 bits per heavy atom. The van der Waals surface area contributed by atoms with E-state index in [9.17, 15) is 0 Å². The van der Waals surface area contributed by atoms with Gasteiger partial charge in [0.15, 0.2) is 4.34 Å². The molecule has 0 aromatic carbocycles. The molecule has 6 heteroatoms. The van der Waals surface area contributed by atoms with Crippen molar-refractivity contribution in [3.05, 3.63) is 0 Å². The highest BCUT2D eigenvalue weighted by atomic mass is 32.2. The second kappa shape index (κ2) is 4.95. The molecule has 14 heavy (non-hydrogen) atoms. The van der Waals surface area contributed by atoms with E-state index in [0.29, 0.717) is 11.7 Å². The number of aromatic nitrogens is 2. The monoisotopic (exact) mass is 233 g/mol. The highest BCUT2D eigenvalue weighted by molar-refractivity contribution is 8.01. The minimum Gasteiger partial charge on any atom is -0.375 e. The fraction of sp³-hybridized carbons (Fsp3) is 0.750. The van der Waals surface area contributed by atoms with Gasteiger partial charge in [0.1, 0.15) is 0 Å². The summed E-state index contributed by atoms with van der Waals surface area (Å²) < 4.78 is 6.47. The third-order valence-corrected chi connectivity index (χ3v) is 3.12. The molecule has 0 radical (unpaired) electrons. The molecule has 0 fully saturated rings. The summed E-state index contributed by atoms with van der Waals surface area (Å²) in [5, 5.41) is 8.15. The Bertz CT molecular complexity index is 282. The van der Waals surface area contributed by atoms with Crippen LogP contribution < -0.4 is 5.73 Å². The van der Waals surface area contributed by atoms with Crippen molar-refractivity contribution in [2.75, 3.05) is 18.1 Å². The molecule has 0 atom stereocenters. The van der Waals surface area contributed by atoms with Gasteiger partial charge in [-0.2, -0.15) is 0 Å². The first-order chi connectivity index (χ1) is 6.47. The highest BCUT2D eigenvalue weighted by Crippen LogP contribution is 2.23. The molecule has 0 aliphatic rings. The topological polar surface area (TPSA) is 61.0 Å². The molecule has 1 aromatic rings. The van der Waals surface area contributed by atoms with Crippen LogP contribution in [0.5, 0.6) is 0 Å². The van der Waals surface area contributed by atoms with Crippen LogP contribution in [0.3, 0.4) is 0 Å². The number of nitrogens with two attached hydrogens (primary N) is 1. The lowest BCUT2D eigenvalue weighted by atomic mass is 10.2. The normalized spacial score (nSPS) is 11.9. The molecule has 1 heterocycles. The zero-order valence-electron chi connectivity index (χ0n) is 8.61. The summed E-state index contributed by atoms with van der Waals surface area (Å²) in [5.74, 6) is 0.881. The van der Waals surface area contributed by atoms with Gasteiger partial charge in [-0.1, -0.05) is 23.1 Å². The number of ether oxygens (including phenoxy) is 1. The predicted octanol–water partition coefficient (Wildman–Crippen LogP) is 2.03. The van der Waals surface area contributed by atoms with Crippen LogP contribution in [0.4, 0.5) is 5.13 Å². The average Bonchev–Trinajstić information content (AvgIpc) is 2.44. The minimum atomic E-state index is -0.0687. The molecule has 2 N–H and O–H groups in total. The zero-order chi connectivity index (χ0) is 10.6. The van der Waals surface area contributed by atoms with Crippen molar-refractivity contribution in [3.63, 3.8) is 0 Å². The number of anilines is 1. The maximum atomic E-state index is 5.56. The Morgan fingerprint density at radius 2 is 2.14 bits per heavy atom. The first-order valence-corrected chi connectivity index (χ1v) is 6.13. The summed E-state index contributed by atoms with van der Waals surface area (Å²) in [4.78, 5) is 0. The molecule has 1 aromatic heterocycles. The lowest BCUT2D eigenvalue weighted by Crippen LogP contribution is -2.20. The molecule has 0 aliphatic heterocycles. The zero-order valence-corrected chi connectivity index (χ0v) is 10.2. The molecule has 1 rings (SSSR count). The Morgan fingerprint density at radius 1 is 1.43 bits per heavy atom.